The molecule has 2 bridgehead atoms. The quantitative estimate of drug-likeness (QED) is 0.610. The maximum Gasteiger partial charge on any atom is 0.310 e. The van der Waals surface area contributed by atoms with Crippen LogP contribution in [0.3, 0.4) is 0 Å². The highest BCUT2D eigenvalue weighted by atomic mass is 32.2. The van der Waals surface area contributed by atoms with Crippen LogP contribution in [0.4, 0.5) is 0 Å². The Labute approximate surface area is 170 Å². The van der Waals surface area contributed by atoms with Crippen LogP contribution in [-0.2, 0) is 19.1 Å². The van der Waals surface area contributed by atoms with Crippen molar-refractivity contribution in [1.29, 1.82) is 0 Å². The Bertz CT molecular complexity index is 655. The van der Waals surface area contributed by atoms with Crippen LogP contribution in [-0.4, -0.2) is 69.1 Å². The fraction of sp³-hybridized carbons (Fsp3) is 0.850. The van der Waals surface area contributed by atoms with E-state index in [2.05, 4.69) is 5.32 Å². The number of thioether (sulfide) groups is 1. The van der Waals surface area contributed by atoms with Crippen LogP contribution in [0.1, 0.15) is 47.5 Å². The number of nitrogens with zero attached hydrogens (tertiary/aromatic N) is 1. The van der Waals surface area contributed by atoms with Crippen LogP contribution in [0.5, 0.6) is 0 Å². The predicted octanol–water partition coefficient (Wildman–Crippen LogP) is 1.18. The van der Waals surface area contributed by atoms with Gasteiger partial charge in [0, 0.05) is 11.3 Å². The molecule has 0 aliphatic carbocycles. The third-order valence-electron chi connectivity index (χ3n) is 6.29. The van der Waals surface area contributed by atoms with Gasteiger partial charge in [-0.05, 0) is 39.5 Å². The third-order valence-corrected chi connectivity index (χ3v) is 8.24. The summed E-state index contributed by atoms with van der Waals surface area (Å²) in [4.78, 5) is 41.2. The Morgan fingerprint density at radius 1 is 1.36 bits per heavy atom. The van der Waals surface area contributed by atoms with E-state index in [-0.39, 0.29) is 48.2 Å². The molecule has 3 saturated heterocycles. The lowest BCUT2D eigenvalue weighted by Gasteiger charge is -2.38. The standard InChI is InChI=1S/C20H32N2O5S/c1-6-27-19(26)14-13-7-8-20(28-13)15(14)18(25)22(12(9-23)10(2)3)16(20)17(24)21-11(4)5/h10-16,23H,6-9H2,1-5H3,(H,21,24)/t12-,13-,14+,15-,16?,20?/m0/s1. The maximum atomic E-state index is 13.6. The first-order valence-corrected chi connectivity index (χ1v) is 11.1. The summed E-state index contributed by atoms with van der Waals surface area (Å²) in [5.74, 6) is -1.81. The number of aliphatic hydroxyl groups is 1. The van der Waals surface area contributed by atoms with Crippen molar-refractivity contribution in [2.45, 2.75) is 75.6 Å². The zero-order valence-electron chi connectivity index (χ0n) is 17.3. The molecule has 2 N–H and O–H groups in total. The maximum absolute atomic E-state index is 13.6. The number of rotatable bonds is 7. The van der Waals surface area contributed by atoms with Crippen molar-refractivity contribution in [1.82, 2.24) is 10.2 Å². The summed E-state index contributed by atoms with van der Waals surface area (Å²) in [5.41, 5.74) is 0. The Hall–Kier alpha value is -1.28. The molecule has 1 spiro atoms. The number of ether oxygens (including phenoxy) is 1. The summed E-state index contributed by atoms with van der Waals surface area (Å²) in [6.07, 6.45) is 1.51. The summed E-state index contributed by atoms with van der Waals surface area (Å²) in [7, 11) is 0. The predicted molar refractivity (Wildman–Crippen MR) is 107 cm³/mol. The number of likely N-dealkylation sites (tertiary alicyclic amines) is 1. The molecule has 3 aliphatic heterocycles. The molecule has 3 rings (SSSR count). The van der Waals surface area contributed by atoms with E-state index in [9.17, 15) is 19.5 Å². The van der Waals surface area contributed by atoms with Crippen LogP contribution >= 0.6 is 11.8 Å². The molecule has 6 atom stereocenters. The smallest absolute Gasteiger partial charge is 0.310 e. The zero-order valence-corrected chi connectivity index (χ0v) is 18.1. The fourth-order valence-electron chi connectivity index (χ4n) is 5.24. The molecule has 28 heavy (non-hydrogen) atoms. The monoisotopic (exact) mass is 412 g/mol. The Morgan fingerprint density at radius 2 is 2.04 bits per heavy atom. The van der Waals surface area contributed by atoms with Gasteiger partial charge in [0.05, 0.1) is 35.8 Å². The Balaban J connectivity index is 2.06. The van der Waals surface area contributed by atoms with Crippen molar-refractivity contribution < 1.29 is 24.2 Å². The summed E-state index contributed by atoms with van der Waals surface area (Å²) < 4.78 is 4.66. The largest absolute Gasteiger partial charge is 0.466 e. The molecule has 2 unspecified atom stereocenters. The molecule has 3 fully saturated rings. The van der Waals surface area contributed by atoms with E-state index in [0.29, 0.717) is 0 Å². The topological polar surface area (TPSA) is 95.9 Å². The van der Waals surface area contributed by atoms with E-state index in [1.165, 1.54) is 0 Å². The fourth-order valence-corrected chi connectivity index (χ4v) is 7.43. The number of carbonyl (C=O) groups is 3. The van der Waals surface area contributed by atoms with E-state index < -0.39 is 28.7 Å². The molecule has 0 aromatic heterocycles. The number of hydrogen-bond acceptors (Lipinski definition) is 6. The molecule has 0 radical (unpaired) electrons. The van der Waals surface area contributed by atoms with E-state index in [0.717, 1.165) is 12.8 Å². The average Bonchev–Trinajstić information content (AvgIpc) is 3.23. The number of aliphatic hydroxyl groups excluding tert-OH is 1. The van der Waals surface area contributed by atoms with Gasteiger partial charge in [0.25, 0.3) is 0 Å². The van der Waals surface area contributed by atoms with E-state index in [4.69, 9.17) is 4.74 Å². The number of fused-ring (bicyclic) bond motifs is 1. The number of hydrogen-bond donors (Lipinski definition) is 2. The molecular weight excluding hydrogens is 380 g/mol. The van der Waals surface area contributed by atoms with Gasteiger partial charge < -0.3 is 20.1 Å². The lowest BCUT2D eigenvalue weighted by Crippen LogP contribution is -2.58. The minimum atomic E-state index is -0.679. The summed E-state index contributed by atoms with van der Waals surface area (Å²) in [5, 5.41) is 13.0. The van der Waals surface area contributed by atoms with Gasteiger partial charge in [-0.15, -0.1) is 11.8 Å². The molecule has 0 aromatic rings. The summed E-state index contributed by atoms with van der Waals surface area (Å²) in [6, 6.07) is -1.20. The van der Waals surface area contributed by atoms with E-state index in [1.54, 1.807) is 23.6 Å². The Morgan fingerprint density at radius 3 is 2.57 bits per heavy atom. The molecule has 0 saturated carbocycles. The van der Waals surface area contributed by atoms with Crippen LogP contribution in [0.2, 0.25) is 0 Å². The molecular formula is C20H32N2O5S. The first kappa shape index (κ1) is 21.4. The van der Waals surface area contributed by atoms with Crippen LogP contribution in [0, 0.1) is 17.8 Å². The van der Waals surface area contributed by atoms with Crippen molar-refractivity contribution in [3.05, 3.63) is 0 Å². The second-order valence-corrected chi connectivity index (χ2v) is 10.3. The second kappa shape index (κ2) is 7.86. The lowest BCUT2D eigenvalue weighted by molar-refractivity contribution is -0.154. The molecule has 158 valence electrons. The molecule has 8 heteroatoms. The summed E-state index contributed by atoms with van der Waals surface area (Å²) >= 11 is 1.62. The van der Waals surface area contributed by atoms with Crippen LogP contribution in [0.25, 0.3) is 0 Å². The second-order valence-electron chi connectivity index (χ2n) is 8.71. The highest BCUT2D eigenvalue weighted by Crippen LogP contribution is 2.66. The zero-order chi connectivity index (χ0) is 20.8. The number of carbonyl (C=O) groups excluding carboxylic acids is 3. The lowest BCUT2D eigenvalue weighted by atomic mass is 9.71. The molecule has 3 heterocycles. The van der Waals surface area contributed by atoms with Crippen molar-refractivity contribution in [3.63, 3.8) is 0 Å². The van der Waals surface area contributed by atoms with Crippen molar-refractivity contribution in [2.75, 3.05) is 13.2 Å². The minimum absolute atomic E-state index is 0.0103. The minimum Gasteiger partial charge on any atom is -0.466 e. The van der Waals surface area contributed by atoms with Gasteiger partial charge in [-0.2, -0.15) is 0 Å². The van der Waals surface area contributed by atoms with E-state index in [1.807, 2.05) is 27.7 Å². The SMILES string of the molecule is CCOC(=O)[C@@H]1[C@@H]2CCC3(S2)C(C(=O)NC(C)C)N([C@@H](CO)C(C)C)C(=O)[C@H]13. The van der Waals surface area contributed by atoms with Gasteiger partial charge in [-0.3, -0.25) is 14.4 Å². The van der Waals surface area contributed by atoms with Gasteiger partial charge in [0.2, 0.25) is 11.8 Å². The van der Waals surface area contributed by atoms with Crippen LogP contribution < -0.4 is 5.32 Å². The highest BCUT2D eigenvalue weighted by molar-refractivity contribution is 8.02. The van der Waals surface area contributed by atoms with Crippen molar-refractivity contribution >= 4 is 29.5 Å². The molecule has 0 aromatic carbocycles. The van der Waals surface area contributed by atoms with Crippen molar-refractivity contribution in [2.24, 2.45) is 17.8 Å². The number of amides is 2. The average molecular weight is 413 g/mol. The van der Waals surface area contributed by atoms with Gasteiger partial charge in [0.15, 0.2) is 0 Å². The highest BCUT2D eigenvalue weighted by Gasteiger charge is 2.74. The molecule has 3 aliphatic rings. The third kappa shape index (κ3) is 3.12. The van der Waals surface area contributed by atoms with Gasteiger partial charge in [-0.1, -0.05) is 13.8 Å². The Kier molecular flexibility index (Phi) is 6.01. The summed E-state index contributed by atoms with van der Waals surface area (Å²) in [6.45, 7) is 9.47. The first-order chi connectivity index (χ1) is 13.2. The number of esters is 1. The van der Waals surface area contributed by atoms with E-state index >= 15 is 0 Å². The molecule has 7 nitrogen and oxygen atoms in total. The van der Waals surface area contributed by atoms with Gasteiger partial charge in [0.1, 0.15) is 6.04 Å². The normalized spacial score (nSPS) is 34.9. The van der Waals surface area contributed by atoms with Gasteiger partial charge >= 0.3 is 5.97 Å². The van der Waals surface area contributed by atoms with Gasteiger partial charge in [-0.25, -0.2) is 0 Å². The first-order valence-electron chi connectivity index (χ1n) is 10.3. The molecule has 2 amide bonds. The van der Waals surface area contributed by atoms with Crippen molar-refractivity contribution in [3.8, 4) is 0 Å². The van der Waals surface area contributed by atoms with Crippen LogP contribution in [0.15, 0.2) is 0 Å². The number of nitrogens with one attached hydrogen (secondary N) is 1.